The number of nitrogens with zero attached hydrogens (tertiary/aromatic N) is 1. The van der Waals surface area contributed by atoms with Gasteiger partial charge in [0.2, 0.25) is 0 Å². The highest BCUT2D eigenvalue weighted by Gasteiger charge is 2.16. The Morgan fingerprint density at radius 3 is 2.74 bits per heavy atom. The first-order valence-corrected chi connectivity index (χ1v) is 9.41. The third-order valence-electron chi connectivity index (χ3n) is 4.89. The third-order valence-corrected chi connectivity index (χ3v) is 4.89. The summed E-state index contributed by atoms with van der Waals surface area (Å²) < 4.78 is 11.2. The van der Waals surface area contributed by atoms with Crippen LogP contribution in [0.25, 0.3) is 11.4 Å². The van der Waals surface area contributed by atoms with E-state index >= 15 is 0 Å². The molecule has 0 saturated carbocycles. The normalized spacial score (nSPS) is 13.4. The number of rotatable bonds is 7. The molecule has 5 heteroatoms. The second kappa shape index (κ2) is 8.37. The standard InChI is InChI=1S/C22H25N3O2/c1-26-13-11-16-6-8-18(9-7-16)27-15-17-4-2-3-5-19(17)22-24-20-10-12-23-14-21(20)25-22/h2-9,23H,10-15H2,1H3,(H,24,25). The Bertz CT molecular complexity index is 863. The van der Waals surface area contributed by atoms with E-state index in [2.05, 4.69) is 34.6 Å². The summed E-state index contributed by atoms with van der Waals surface area (Å²) in [6.45, 7) is 3.09. The number of benzene rings is 2. The Kier molecular flexibility index (Phi) is 5.51. The molecule has 27 heavy (non-hydrogen) atoms. The quantitative estimate of drug-likeness (QED) is 0.675. The molecule has 0 bridgehead atoms. The number of fused-ring (bicyclic) bond motifs is 1. The van der Waals surface area contributed by atoms with Crippen LogP contribution < -0.4 is 10.1 Å². The molecule has 2 heterocycles. The number of ether oxygens (including phenoxy) is 2. The maximum Gasteiger partial charge on any atom is 0.138 e. The fraction of sp³-hybridized carbons (Fsp3) is 0.318. The number of methoxy groups -OCH3 is 1. The van der Waals surface area contributed by atoms with E-state index in [-0.39, 0.29) is 0 Å². The van der Waals surface area contributed by atoms with Gasteiger partial charge in [-0.05, 0) is 24.1 Å². The molecule has 0 unspecified atom stereocenters. The summed E-state index contributed by atoms with van der Waals surface area (Å²) in [6, 6.07) is 16.5. The van der Waals surface area contributed by atoms with Crippen molar-refractivity contribution in [3.63, 3.8) is 0 Å². The van der Waals surface area contributed by atoms with Crippen molar-refractivity contribution in [3.05, 3.63) is 71.0 Å². The topological polar surface area (TPSA) is 59.2 Å². The number of aromatic nitrogens is 2. The van der Waals surface area contributed by atoms with Crippen LogP contribution in [-0.4, -0.2) is 30.2 Å². The van der Waals surface area contributed by atoms with Crippen LogP contribution in [0.4, 0.5) is 0 Å². The van der Waals surface area contributed by atoms with Crippen LogP contribution in [0, 0.1) is 0 Å². The van der Waals surface area contributed by atoms with E-state index in [9.17, 15) is 0 Å². The lowest BCUT2D eigenvalue weighted by Gasteiger charge is -2.10. The second-order valence-electron chi connectivity index (χ2n) is 6.77. The summed E-state index contributed by atoms with van der Waals surface area (Å²) in [4.78, 5) is 8.29. The highest BCUT2D eigenvalue weighted by Crippen LogP contribution is 2.25. The SMILES string of the molecule is COCCc1ccc(OCc2ccccc2-c2nc3c([nH]2)CNCC3)cc1. The van der Waals surface area contributed by atoms with Crippen molar-refractivity contribution in [1.29, 1.82) is 0 Å². The molecule has 0 atom stereocenters. The minimum Gasteiger partial charge on any atom is -0.489 e. The van der Waals surface area contributed by atoms with Crippen LogP contribution in [0.3, 0.4) is 0 Å². The third kappa shape index (κ3) is 4.21. The van der Waals surface area contributed by atoms with E-state index < -0.39 is 0 Å². The van der Waals surface area contributed by atoms with Gasteiger partial charge in [0.15, 0.2) is 0 Å². The van der Waals surface area contributed by atoms with E-state index in [1.807, 2.05) is 24.3 Å². The fourth-order valence-corrected chi connectivity index (χ4v) is 3.36. The van der Waals surface area contributed by atoms with Crippen molar-refractivity contribution < 1.29 is 9.47 Å². The lowest BCUT2D eigenvalue weighted by molar-refractivity contribution is 0.202. The minimum atomic E-state index is 0.511. The molecular weight excluding hydrogens is 338 g/mol. The first-order chi connectivity index (χ1) is 13.3. The molecule has 140 valence electrons. The van der Waals surface area contributed by atoms with E-state index in [4.69, 9.17) is 14.5 Å². The highest BCUT2D eigenvalue weighted by atomic mass is 16.5. The van der Waals surface area contributed by atoms with E-state index in [1.165, 1.54) is 17.0 Å². The summed E-state index contributed by atoms with van der Waals surface area (Å²) >= 11 is 0. The number of hydrogen-bond acceptors (Lipinski definition) is 4. The summed E-state index contributed by atoms with van der Waals surface area (Å²) in [5, 5.41) is 3.38. The monoisotopic (exact) mass is 363 g/mol. The van der Waals surface area contributed by atoms with Crippen LogP contribution in [0.15, 0.2) is 48.5 Å². The molecule has 1 aliphatic heterocycles. The molecule has 2 N–H and O–H groups in total. The molecule has 0 spiro atoms. The zero-order chi connectivity index (χ0) is 18.5. The zero-order valence-corrected chi connectivity index (χ0v) is 15.6. The van der Waals surface area contributed by atoms with E-state index in [0.29, 0.717) is 6.61 Å². The first-order valence-electron chi connectivity index (χ1n) is 9.41. The molecule has 2 aromatic carbocycles. The molecular formula is C22H25N3O2. The maximum atomic E-state index is 6.03. The fourth-order valence-electron chi connectivity index (χ4n) is 3.36. The Morgan fingerprint density at radius 1 is 1.07 bits per heavy atom. The molecule has 0 amide bonds. The van der Waals surface area contributed by atoms with Gasteiger partial charge in [0, 0.05) is 37.7 Å². The van der Waals surface area contributed by atoms with Crippen LogP contribution in [-0.2, 0) is 30.7 Å². The predicted molar refractivity (Wildman–Crippen MR) is 106 cm³/mol. The van der Waals surface area contributed by atoms with Gasteiger partial charge in [0.05, 0.1) is 18.0 Å². The Labute approximate surface area is 159 Å². The molecule has 0 radical (unpaired) electrons. The molecule has 1 aliphatic rings. The smallest absolute Gasteiger partial charge is 0.138 e. The highest BCUT2D eigenvalue weighted by molar-refractivity contribution is 5.61. The lowest BCUT2D eigenvalue weighted by atomic mass is 10.1. The van der Waals surface area contributed by atoms with Crippen LogP contribution >= 0.6 is 0 Å². The first kappa shape index (κ1) is 17.8. The molecule has 0 aliphatic carbocycles. The average molecular weight is 363 g/mol. The molecule has 5 nitrogen and oxygen atoms in total. The Balaban J connectivity index is 1.47. The van der Waals surface area contributed by atoms with Crippen molar-refractivity contribution in [3.8, 4) is 17.1 Å². The second-order valence-corrected chi connectivity index (χ2v) is 6.77. The number of hydrogen-bond donors (Lipinski definition) is 2. The molecule has 4 rings (SSSR count). The average Bonchev–Trinajstić information content (AvgIpc) is 3.16. The van der Waals surface area contributed by atoms with Crippen molar-refractivity contribution in [2.75, 3.05) is 20.3 Å². The van der Waals surface area contributed by atoms with Gasteiger partial charge < -0.3 is 19.8 Å². The van der Waals surface area contributed by atoms with Crippen molar-refractivity contribution in [2.24, 2.45) is 0 Å². The number of aromatic amines is 1. The Morgan fingerprint density at radius 2 is 1.93 bits per heavy atom. The number of imidazole rings is 1. The van der Waals surface area contributed by atoms with Gasteiger partial charge in [0.25, 0.3) is 0 Å². The van der Waals surface area contributed by atoms with Gasteiger partial charge in [-0.1, -0.05) is 36.4 Å². The van der Waals surface area contributed by atoms with Crippen LogP contribution in [0.1, 0.15) is 22.5 Å². The summed E-state index contributed by atoms with van der Waals surface area (Å²) in [5.41, 5.74) is 5.84. The predicted octanol–water partition coefficient (Wildman–Crippen LogP) is 3.49. The largest absolute Gasteiger partial charge is 0.489 e. The zero-order valence-electron chi connectivity index (χ0n) is 15.6. The van der Waals surface area contributed by atoms with Crippen molar-refractivity contribution in [2.45, 2.75) is 26.0 Å². The molecule has 0 fully saturated rings. The lowest BCUT2D eigenvalue weighted by Crippen LogP contribution is -2.23. The molecule has 1 aromatic heterocycles. The number of H-pyrrole nitrogens is 1. The van der Waals surface area contributed by atoms with Crippen LogP contribution in [0.2, 0.25) is 0 Å². The molecule has 3 aromatic rings. The van der Waals surface area contributed by atoms with Gasteiger partial charge >= 0.3 is 0 Å². The van der Waals surface area contributed by atoms with E-state index in [0.717, 1.165) is 55.2 Å². The van der Waals surface area contributed by atoms with Crippen molar-refractivity contribution in [1.82, 2.24) is 15.3 Å². The van der Waals surface area contributed by atoms with Crippen molar-refractivity contribution >= 4 is 0 Å². The number of nitrogens with one attached hydrogen (secondary N) is 2. The van der Waals surface area contributed by atoms with Gasteiger partial charge in [-0.25, -0.2) is 4.98 Å². The van der Waals surface area contributed by atoms with Crippen LogP contribution in [0.5, 0.6) is 5.75 Å². The summed E-state index contributed by atoms with van der Waals surface area (Å²) in [6.07, 6.45) is 1.89. The van der Waals surface area contributed by atoms with Gasteiger partial charge in [0.1, 0.15) is 18.2 Å². The van der Waals surface area contributed by atoms with Gasteiger partial charge in [-0.2, -0.15) is 0 Å². The summed E-state index contributed by atoms with van der Waals surface area (Å²) in [7, 11) is 1.72. The van der Waals surface area contributed by atoms with E-state index in [1.54, 1.807) is 7.11 Å². The van der Waals surface area contributed by atoms with Gasteiger partial charge in [-0.3, -0.25) is 0 Å². The maximum absolute atomic E-state index is 6.03. The van der Waals surface area contributed by atoms with Gasteiger partial charge in [-0.15, -0.1) is 0 Å². The minimum absolute atomic E-state index is 0.511. The molecule has 0 saturated heterocycles. The summed E-state index contributed by atoms with van der Waals surface area (Å²) in [5.74, 6) is 1.80. The Hall–Kier alpha value is -2.63.